The highest BCUT2D eigenvalue weighted by molar-refractivity contribution is 6.09. The van der Waals surface area contributed by atoms with Gasteiger partial charge in [-0.2, -0.15) is 0 Å². The van der Waals surface area contributed by atoms with E-state index in [1.165, 1.54) is 0 Å². The molecule has 0 atom stereocenters. The molecule has 0 fully saturated rings. The highest BCUT2D eigenvalue weighted by Gasteiger charge is 2.30. The maximum Gasteiger partial charge on any atom is 0.227 e. The summed E-state index contributed by atoms with van der Waals surface area (Å²) in [5, 5.41) is 2.11. The topological polar surface area (TPSA) is 45.4 Å². The smallest absolute Gasteiger partial charge is 0.227 e. The van der Waals surface area contributed by atoms with Gasteiger partial charge < -0.3 is 14.2 Å². The van der Waals surface area contributed by atoms with Crippen molar-refractivity contribution in [2.75, 3.05) is 16.5 Å². The highest BCUT2D eigenvalue weighted by atomic mass is 16.3. The van der Waals surface area contributed by atoms with Gasteiger partial charge >= 0.3 is 0 Å². The van der Waals surface area contributed by atoms with E-state index >= 15 is 0 Å². The Morgan fingerprint density at radius 3 is 2.39 bits per heavy atom. The molecule has 28 heavy (non-hydrogen) atoms. The van der Waals surface area contributed by atoms with E-state index in [9.17, 15) is 0 Å². The molecule has 2 aromatic carbocycles. The molecule has 0 aliphatic carbocycles. The summed E-state index contributed by atoms with van der Waals surface area (Å²) in [6.45, 7) is 0.667. The van der Waals surface area contributed by atoms with E-state index in [0.717, 1.165) is 39.2 Å². The predicted molar refractivity (Wildman–Crippen MR) is 111 cm³/mol. The number of hydrogen-bond acceptors (Lipinski definition) is 5. The molecule has 1 aliphatic heterocycles. The lowest BCUT2D eigenvalue weighted by atomic mass is 10.1. The quantitative estimate of drug-likeness (QED) is 0.407. The number of para-hydroxylation sites is 2. The number of pyridine rings is 2. The van der Waals surface area contributed by atoms with E-state index in [1.807, 2.05) is 42.6 Å². The molecule has 0 bridgehead atoms. The number of rotatable bonds is 2. The van der Waals surface area contributed by atoms with Crippen LogP contribution in [0, 0.1) is 0 Å². The van der Waals surface area contributed by atoms with Crippen LogP contribution in [-0.4, -0.2) is 16.6 Å². The van der Waals surface area contributed by atoms with Gasteiger partial charge in [0.25, 0.3) is 0 Å². The summed E-state index contributed by atoms with van der Waals surface area (Å²) in [7, 11) is 0. The molecular weight excluding hydrogens is 348 g/mol. The van der Waals surface area contributed by atoms with Crippen molar-refractivity contribution in [3.8, 4) is 0 Å². The average molecular weight is 364 g/mol. The first kappa shape index (κ1) is 15.2. The molecule has 1 aliphatic rings. The van der Waals surface area contributed by atoms with Gasteiger partial charge in [0.15, 0.2) is 11.4 Å². The van der Waals surface area contributed by atoms with Gasteiger partial charge in [0.2, 0.25) is 5.71 Å². The SMILES string of the molecule is c1ccc(N2CN(c3cccc4c3oc3ncccc34)c3cccnc32)cc1. The number of fused-ring (bicyclic) bond motifs is 4. The monoisotopic (exact) mass is 364 g/mol. The fraction of sp³-hybridized carbons (Fsp3) is 0.0435. The molecule has 0 saturated heterocycles. The van der Waals surface area contributed by atoms with Crippen molar-refractivity contribution in [2.45, 2.75) is 0 Å². The molecule has 0 radical (unpaired) electrons. The zero-order valence-corrected chi connectivity index (χ0v) is 15.0. The fourth-order valence-electron chi connectivity index (χ4n) is 3.94. The second-order valence-electron chi connectivity index (χ2n) is 6.79. The van der Waals surface area contributed by atoms with Crippen molar-refractivity contribution in [3.63, 3.8) is 0 Å². The van der Waals surface area contributed by atoms with Gasteiger partial charge in [-0.25, -0.2) is 9.97 Å². The lowest BCUT2D eigenvalue weighted by Crippen LogP contribution is -2.24. The van der Waals surface area contributed by atoms with Crippen LogP contribution in [0.3, 0.4) is 0 Å². The van der Waals surface area contributed by atoms with Crippen LogP contribution in [0.4, 0.5) is 22.9 Å². The molecule has 6 rings (SSSR count). The predicted octanol–water partition coefficient (Wildman–Crippen LogP) is 5.62. The second-order valence-corrected chi connectivity index (χ2v) is 6.79. The maximum absolute atomic E-state index is 6.16. The minimum atomic E-state index is 0.662. The molecule has 0 amide bonds. The second kappa shape index (κ2) is 5.82. The minimum absolute atomic E-state index is 0.662. The standard InChI is InChI=1S/C23H16N4O/c1-2-7-16(8-3-1)26-15-27(20-12-6-13-24-22(20)26)19-11-4-9-17-18-10-5-14-25-23(18)28-21(17)19/h1-14H,15H2. The van der Waals surface area contributed by atoms with Crippen molar-refractivity contribution >= 4 is 44.9 Å². The van der Waals surface area contributed by atoms with E-state index < -0.39 is 0 Å². The van der Waals surface area contributed by atoms with Crippen molar-refractivity contribution < 1.29 is 4.42 Å². The maximum atomic E-state index is 6.16. The third-order valence-electron chi connectivity index (χ3n) is 5.21. The summed E-state index contributed by atoms with van der Waals surface area (Å²) in [5.74, 6) is 0.944. The van der Waals surface area contributed by atoms with Crippen LogP contribution in [0.15, 0.2) is 89.6 Å². The molecule has 5 heteroatoms. The molecule has 0 spiro atoms. The van der Waals surface area contributed by atoms with Crippen LogP contribution in [0.5, 0.6) is 0 Å². The van der Waals surface area contributed by atoms with Crippen molar-refractivity contribution in [3.05, 3.63) is 85.2 Å². The first-order chi connectivity index (χ1) is 13.9. The Balaban J connectivity index is 1.56. The first-order valence-corrected chi connectivity index (χ1v) is 9.21. The van der Waals surface area contributed by atoms with Crippen molar-refractivity contribution in [1.82, 2.24) is 9.97 Å². The van der Waals surface area contributed by atoms with Crippen LogP contribution in [0.1, 0.15) is 0 Å². The van der Waals surface area contributed by atoms with Gasteiger partial charge in [0, 0.05) is 28.9 Å². The van der Waals surface area contributed by atoms with E-state index in [0.29, 0.717) is 12.4 Å². The van der Waals surface area contributed by atoms with Crippen LogP contribution in [-0.2, 0) is 0 Å². The van der Waals surface area contributed by atoms with E-state index in [1.54, 1.807) is 6.20 Å². The van der Waals surface area contributed by atoms with E-state index in [4.69, 9.17) is 4.42 Å². The summed E-state index contributed by atoms with van der Waals surface area (Å²) in [6.07, 6.45) is 3.60. The molecule has 0 saturated carbocycles. The normalized spacial score (nSPS) is 13.4. The summed E-state index contributed by atoms with van der Waals surface area (Å²) in [4.78, 5) is 13.5. The zero-order chi connectivity index (χ0) is 18.5. The van der Waals surface area contributed by atoms with E-state index in [-0.39, 0.29) is 0 Å². The number of nitrogens with zero attached hydrogens (tertiary/aromatic N) is 4. The lowest BCUT2D eigenvalue weighted by Gasteiger charge is -2.21. The molecule has 0 N–H and O–H groups in total. The Hall–Kier alpha value is -3.86. The molecule has 5 nitrogen and oxygen atoms in total. The molecule has 3 aromatic heterocycles. The third-order valence-corrected chi connectivity index (χ3v) is 5.21. The number of anilines is 4. The average Bonchev–Trinajstić information content (AvgIpc) is 3.33. The fourth-order valence-corrected chi connectivity index (χ4v) is 3.94. The number of furan rings is 1. The summed E-state index contributed by atoms with van der Waals surface area (Å²) in [6, 6.07) is 24.6. The highest BCUT2D eigenvalue weighted by Crippen LogP contribution is 2.45. The molecule has 134 valence electrons. The van der Waals surface area contributed by atoms with Crippen molar-refractivity contribution in [2.24, 2.45) is 0 Å². The van der Waals surface area contributed by atoms with Gasteiger partial charge in [-0.15, -0.1) is 0 Å². The molecule has 0 unspecified atom stereocenters. The zero-order valence-electron chi connectivity index (χ0n) is 15.0. The van der Waals surface area contributed by atoms with Gasteiger partial charge in [-0.3, -0.25) is 0 Å². The van der Waals surface area contributed by atoms with Crippen LogP contribution in [0.25, 0.3) is 22.1 Å². The minimum Gasteiger partial charge on any atom is -0.436 e. The van der Waals surface area contributed by atoms with Crippen LogP contribution >= 0.6 is 0 Å². The van der Waals surface area contributed by atoms with Gasteiger partial charge in [0.05, 0.1) is 11.4 Å². The molecular formula is C23H16N4O. The number of benzene rings is 2. The third kappa shape index (κ3) is 2.13. The van der Waals surface area contributed by atoms with E-state index in [2.05, 4.69) is 56.2 Å². The lowest BCUT2D eigenvalue weighted by molar-refractivity contribution is 0.653. The summed E-state index contributed by atoms with van der Waals surface area (Å²) >= 11 is 0. The molecule has 4 heterocycles. The van der Waals surface area contributed by atoms with Crippen LogP contribution < -0.4 is 9.80 Å². The Kier molecular flexibility index (Phi) is 3.17. The number of aromatic nitrogens is 2. The Labute approximate surface area is 161 Å². The summed E-state index contributed by atoms with van der Waals surface area (Å²) in [5.41, 5.74) is 4.70. The summed E-state index contributed by atoms with van der Waals surface area (Å²) < 4.78 is 6.16. The Bertz CT molecular complexity index is 1310. The van der Waals surface area contributed by atoms with Crippen molar-refractivity contribution in [1.29, 1.82) is 0 Å². The molecule has 5 aromatic rings. The largest absolute Gasteiger partial charge is 0.436 e. The number of hydrogen-bond donors (Lipinski definition) is 0. The first-order valence-electron chi connectivity index (χ1n) is 9.21. The van der Waals surface area contributed by atoms with Crippen LogP contribution in [0.2, 0.25) is 0 Å². The Morgan fingerprint density at radius 1 is 0.679 bits per heavy atom. The Morgan fingerprint density at radius 2 is 1.46 bits per heavy atom. The van der Waals surface area contributed by atoms with Gasteiger partial charge in [-0.05, 0) is 42.5 Å². The van der Waals surface area contributed by atoms with Gasteiger partial charge in [-0.1, -0.05) is 30.3 Å². The van der Waals surface area contributed by atoms with Gasteiger partial charge in [0.1, 0.15) is 6.67 Å².